The van der Waals surface area contributed by atoms with Crippen LogP contribution in [0.3, 0.4) is 0 Å². The van der Waals surface area contributed by atoms with E-state index in [4.69, 9.17) is 26.3 Å². The maximum absolute atomic E-state index is 13.2. The van der Waals surface area contributed by atoms with E-state index in [2.05, 4.69) is 0 Å². The maximum atomic E-state index is 13.2. The SMILES string of the molecule is O=C(COc1ccc(Cl)cc1[C@@H]1c2ccccc2CCN1C(=O)OCc1ccccc1)NO. The number of fused-ring (bicyclic) bond motifs is 1. The van der Waals surface area contributed by atoms with Gasteiger partial charge in [-0.05, 0) is 41.3 Å². The Morgan fingerprint density at radius 2 is 1.79 bits per heavy atom. The molecule has 3 aromatic carbocycles. The van der Waals surface area contributed by atoms with Crippen LogP contribution in [0.15, 0.2) is 72.8 Å². The van der Waals surface area contributed by atoms with Crippen molar-refractivity contribution >= 4 is 23.6 Å². The van der Waals surface area contributed by atoms with Crippen molar-refractivity contribution in [2.75, 3.05) is 13.2 Å². The predicted octanol–water partition coefficient (Wildman–Crippen LogP) is 4.51. The molecule has 1 aliphatic heterocycles. The van der Waals surface area contributed by atoms with Gasteiger partial charge < -0.3 is 9.47 Å². The van der Waals surface area contributed by atoms with Crippen molar-refractivity contribution in [3.63, 3.8) is 0 Å². The molecule has 0 saturated heterocycles. The number of carbonyl (C=O) groups is 2. The van der Waals surface area contributed by atoms with E-state index in [1.807, 2.05) is 54.6 Å². The molecular formula is C25H23ClN2O5. The lowest BCUT2D eigenvalue weighted by molar-refractivity contribution is -0.131. The Kier molecular flexibility index (Phi) is 7.12. The molecule has 0 radical (unpaired) electrons. The van der Waals surface area contributed by atoms with E-state index < -0.39 is 24.6 Å². The maximum Gasteiger partial charge on any atom is 0.410 e. The summed E-state index contributed by atoms with van der Waals surface area (Å²) in [6.07, 6.45) is 0.217. The van der Waals surface area contributed by atoms with E-state index in [9.17, 15) is 9.59 Å². The molecule has 1 aliphatic rings. The zero-order chi connectivity index (χ0) is 23.2. The van der Waals surface area contributed by atoms with Crippen molar-refractivity contribution in [1.82, 2.24) is 10.4 Å². The van der Waals surface area contributed by atoms with Crippen molar-refractivity contribution in [3.8, 4) is 5.75 Å². The van der Waals surface area contributed by atoms with Gasteiger partial charge in [-0.1, -0.05) is 66.2 Å². The van der Waals surface area contributed by atoms with Crippen LogP contribution < -0.4 is 10.2 Å². The van der Waals surface area contributed by atoms with Crippen LogP contribution in [0.2, 0.25) is 5.02 Å². The topological polar surface area (TPSA) is 88.1 Å². The van der Waals surface area contributed by atoms with Gasteiger partial charge in [0.05, 0.1) is 6.04 Å². The minimum Gasteiger partial charge on any atom is -0.483 e. The fourth-order valence-corrected chi connectivity index (χ4v) is 4.12. The average Bonchev–Trinajstić information content (AvgIpc) is 2.86. The standard InChI is InChI=1S/C25H23ClN2O5/c26-19-10-11-22(32-16-23(29)27-31)21(14-19)24-20-9-5-4-8-18(20)12-13-28(24)25(30)33-15-17-6-2-1-3-7-17/h1-11,14,24,31H,12-13,15-16H2,(H,27,29)/t24-/m0/s1. The first-order valence-corrected chi connectivity index (χ1v) is 10.8. The molecule has 0 aliphatic carbocycles. The number of hydrogen-bond donors (Lipinski definition) is 2. The number of amides is 2. The molecule has 0 saturated carbocycles. The zero-order valence-corrected chi connectivity index (χ0v) is 18.5. The van der Waals surface area contributed by atoms with Crippen LogP contribution in [-0.4, -0.2) is 35.3 Å². The number of halogens is 1. The summed E-state index contributed by atoms with van der Waals surface area (Å²) in [4.78, 5) is 26.4. The van der Waals surface area contributed by atoms with Crippen LogP contribution in [0.25, 0.3) is 0 Å². The highest BCUT2D eigenvalue weighted by atomic mass is 35.5. The highest BCUT2D eigenvalue weighted by Crippen LogP contribution is 2.40. The molecule has 1 heterocycles. The number of hydrogen-bond acceptors (Lipinski definition) is 5. The number of rotatable bonds is 6. The van der Waals surface area contributed by atoms with Gasteiger partial charge in [0.2, 0.25) is 0 Å². The quantitative estimate of drug-likeness (QED) is 0.412. The Bertz CT molecular complexity index is 1140. The Morgan fingerprint density at radius 1 is 1.03 bits per heavy atom. The molecule has 3 aromatic rings. The molecule has 33 heavy (non-hydrogen) atoms. The third kappa shape index (κ3) is 5.27. The van der Waals surface area contributed by atoms with E-state index in [1.165, 1.54) is 0 Å². The van der Waals surface area contributed by atoms with E-state index in [-0.39, 0.29) is 6.61 Å². The number of nitrogens with one attached hydrogen (secondary N) is 1. The highest BCUT2D eigenvalue weighted by molar-refractivity contribution is 6.30. The van der Waals surface area contributed by atoms with Gasteiger partial charge in [-0.3, -0.25) is 14.9 Å². The molecule has 7 nitrogen and oxygen atoms in total. The molecule has 8 heteroatoms. The van der Waals surface area contributed by atoms with E-state index in [0.29, 0.717) is 29.3 Å². The Hall–Kier alpha value is -3.55. The molecule has 0 bridgehead atoms. The third-order valence-corrected chi connectivity index (χ3v) is 5.71. The molecule has 0 aromatic heterocycles. The first kappa shape index (κ1) is 22.6. The van der Waals surface area contributed by atoms with Gasteiger partial charge in [-0.2, -0.15) is 0 Å². The average molecular weight is 467 g/mol. The van der Waals surface area contributed by atoms with Crippen molar-refractivity contribution in [2.45, 2.75) is 19.1 Å². The fraction of sp³-hybridized carbons (Fsp3) is 0.200. The smallest absolute Gasteiger partial charge is 0.410 e. The summed E-state index contributed by atoms with van der Waals surface area (Å²) in [5, 5.41) is 9.27. The van der Waals surface area contributed by atoms with Crippen molar-refractivity contribution in [1.29, 1.82) is 0 Å². The fourth-order valence-electron chi connectivity index (χ4n) is 3.94. The summed E-state index contributed by atoms with van der Waals surface area (Å²) in [7, 11) is 0. The van der Waals surface area contributed by atoms with E-state index >= 15 is 0 Å². The molecule has 2 N–H and O–H groups in total. The molecule has 0 unspecified atom stereocenters. The van der Waals surface area contributed by atoms with Gasteiger partial charge >= 0.3 is 6.09 Å². The minimum absolute atomic E-state index is 0.153. The second-order valence-electron chi connectivity index (χ2n) is 7.59. The van der Waals surface area contributed by atoms with E-state index in [0.717, 1.165) is 16.7 Å². The van der Waals surface area contributed by atoms with Crippen LogP contribution in [-0.2, 0) is 22.6 Å². The second-order valence-corrected chi connectivity index (χ2v) is 8.03. The van der Waals surface area contributed by atoms with Crippen LogP contribution in [0.4, 0.5) is 4.79 Å². The summed E-state index contributed by atoms with van der Waals surface area (Å²) in [6.45, 7) is 0.205. The summed E-state index contributed by atoms with van der Waals surface area (Å²) < 4.78 is 11.3. The summed E-state index contributed by atoms with van der Waals surface area (Å²) in [5.41, 5.74) is 5.09. The minimum atomic E-state index is -0.695. The zero-order valence-electron chi connectivity index (χ0n) is 17.7. The number of carbonyl (C=O) groups excluding carboxylic acids is 2. The molecule has 0 spiro atoms. The Morgan fingerprint density at radius 3 is 2.58 bits per heavy atom. The predicted molar refractivity (Wildman–Crippen MR) is 122 cm³/mol. The van der Waals surface area contributed by atoms with Crippen LogP contribution >= 0.6 is 11.6 Å². The van der Waals surface area contributed by atoms with E-state index in [1.54, 1.807) is 28.6 Å². The summed E-state index contributed by atoms with van der Waals surface area (Å²) in [6, 6.07) is 21.8. The Balaban J connectivity index is 1.68. The number of ether oxygens (including phenoxy) is 2. The van der Waals surface area contributed by atoms with Gasteiger partial charge in [0.15, 0.2) is 6.61 Å². The first-order valence-electron chi connectivity index (χ1n) is 10.5. The van der Waals surface area contributed by atoms with Gasteiger partial charge in [-0.25, -0.2) is 10.3 Å². The molecule has 0 fully saturated rings. The van der Waals surface area contributed by atoms with Crippen molar-refractivity contribution in [2.24, 2.45) is 0 Å². The third-order valence-electron chi connectivity index (χ3n) is 5.47. The van der Waals surface area contributed by atoms with Gasteiger partial charge in [0, 0.05) is 17.1 Å². The summed E-state index contributed by atoms with van der Waals surface area (Å²) in [5.74, 6) is -0.315. The summed E-state index contributed by atoms with van der Waals surface area (Å²) >= 11 is 6.31. The lowest BCUT2D eigenvalue weighted by atomic mass is 9.88. The normalized spacial score (nSPS) is 14.8. The molecule has 1 atom stereocenters. The molecule has 170 valence electrons. The lowest BCUT2D eigenvalue weighted by Crippen LogP contribution is -2.41. The van der Waals surface area contributed by atoms with Gasteiger partial charge in [0.1, 0.15) is 12.4 Å². The second kappa shape index (κ2) is 10.4. The number of nitrogens with zero attached hydrogens (tertiary/aromatic N) is 1. The van der Waals surface area contributed by atoms with Crippen LogP contribution in [0, 0.1) is 0 Å². The van der Waals surface area contributed by atoms with Gasteiger partial charge in [-0.15, -0.1) is 0 Å². The van der Waals surface area contributed by atoms with Gasteiger partial charge in [0.25, 0.3) is 5.91 Å². The first-order chi connectivity index (χ1) is 16.1. The van der Waals surface area contributed by atoms with Crippen LogP contribution in [0.5, 0.6) is 5.75 Å². The largest absolute Gasteiger partial charge is 0.483 e. The number of hydroxylamine groups is 1. The monoisotopic (exact) mass is 466 g/mol. The van der Waals surface area contributed by atoms with Crippen molar-refractivity contribution < 1.29 is 24.3 Å². The molecular weight excluding hydrogens is 444 g/mol. The van der Waals surface area contributed by atoms with Crippen molar-refractivity contribution in [3.05, 3.63) is 100 Å². The lowest BCUT2D eigenvalue weighted by Gasteiger charge is -2.37. The highest BCUT2D eigenvalue weighted by Gasteiger charge is 2.35. The molecule has 2 amide bonds. The molecule has 4 rings (SSSR count). The number of benzene rings is 3. The Labute approximate surface area is 196 Å². The van der Waals surface area contributed by atoms with Crippen LogP contribution in [0.1, 0.15) is 28.3 Å².